The van der Waals surface area contributed by atoms with Crippen LogP contribution in [0.15, 0.2) is 30.3 Å². The molecule has 0 atom stereocenters. The summed E-state index contributed by atoms with van der Waals surface area (Å²) >= 11 is 0. The Morgan fingerprint density at radius 3 is 2.09 bits per heavy atom. The molecular formula is C23H29N3O7. The first-order valence-corrected chi connectivity index (χ1v) is 10.5. The number of nitro benzene ring substituents is 1. The van der Waals surface area contributed by atoms with E-state index in [1.807, 2.05) is 24.3 Å². The maximum Gasteiger partial charge on any atom is 0.327 e. The number of piperazine rings is 1. The van der Waals surface area contributed by atoms with Crippen LogP contribution in [0.3, 0.4) is 0 Å². The van der Waals surface area contributed by atoms with E-state index in [2.05, 4.69) is 4.90 Å². The maximum atomic E-state index is 13.2. The minimum absolute atomic E-state index is 0.0756. The summed E-state index contributed by atoms with van der Waals surface area (Å²) in [5.41, 5.74) is 0.700. The average Bonchev–Trinajstić information content (AvgIpc) is 2.85. The molecule has 1 saturated heterocycles. The zero-order valence-electron chi connectivity index (χ0n) is 19.3. The smallest absolute Gasteiger partial charge is 0.327 e. The largest absolute Gasteiger partial charge is 0.497 e. The van der Waals surface area contributed by atoms with Crippen LogP contribution in [0.2, 0.25) is 0 Å². The van der Waals surface area contributed by atoms with Gasteiger partial charge in [-0.1, -0.05) is 12.1 Å². The van der Waals surface area contributed by atoms with Gasteiger partial charge in [-0.3, -0.25) is 19.8 Å². The van der Waals surface area contributed by atoms with Crippen LogP contribution >= 0.6 is 0 Å². The molecule has 0 aliphatic carbocycles. The summed E-state index contributed by atoms with van der Waals surface area (Å²) in [5.74, 6) is 0.527. The van der Waals surface area contributed by atoms with Gasteiger partial charge >= 0.3 is 5.69 Å². The van der Waals surface area contributed by atoms with Gasteiger partial charge in [0.05, 0.1) is 33.4 Å². The van der Waals surface area contributed by atoms with Crippen LogP contribution in [0, 0.1) is 10.1 Å². The summed E-state index contributed by atoms with van der Waals surface area (Å²) in [6, 6.07) is 9.31. The van der Waals surface area contributed by atoms with Crippen LogP contribution in [0.4, 0.5) is 5.69 Å². The number of carbonyl (C=O) groups is 1. The Bertz CT molecular complexity index is 987. The summed E-state index contributed by atoms with van der Waals surface area (Å²) in [5, 5.41) is 11.8. The molecule has 1 aliphatic rings. The molecule has 0 bridgehead atoms. The highest BCUT2D eigenvalue weighted by atomic mass is 16.6. The second kappa shape index (κ2) is 10.9. The van der Waals surface area contributed by atoms with Crippen molar-refractivity contribution in [2.24, 2.45) is 0 Å². The monoisotopic (exact) mass is 459 g/mol. The van der Waals surface area contributed by atoms with E-state index in [0.29, 0.717) is 26.2 Å². The Hall–Kier alpha value is -3.53. The number of methoxy groups -OCH3 is 4. The molecule has 178 valence electrons. The first-order chi connectivity index (χ1) is 15.9. The molecule has 2 aromatic rings. The fraction of sp³-hybridized carbons (Fsp3) is 0.435. The van der Waals surface area contributed by atoms with Gasteiger partial charge in [0.2, 0.25) is 11.5 Å². The molecule has 0 N–H and O–H groups in total. The summed E-state index contributed by atoms with van der Waals surface area (Å²) in [4.78, 5) is 28.3. The molecule has 10 nitrogen and oxygen atoms in total. The molecule has 1 fully saturated rings. The number of rotatable bonds is 9. The Labute approximate surface area is 192 Å². The third-order valence-corrected chi connectivity index (χ3v) is 5.75. The molecule has 10 heteroatoms. The van der Waals surface area contributed by atoms with Gasteiger partial charge in [-0.05, 0) is 24.1 Å². The lowest BCUT2D eigenvalue weighted by Crippen LogP contribution is -2.49. The zero-order valence-corrected chi connectivity index (χ0v) is 19.3. The number of hydrogen-bond acceptors (Lipinski definition) is 8. The van der Waals surface area contributed by atoms with Crippen molar-refractivity contribution in [3.8, 4) is 23.0 Å². The lowest BCUT2D eigenvalue weighted by molar-refractivity contribution is -0.386. The van der Waals surface area contributed by atoms with Crippen LogP contribution in [0.1, 0.15) is 15.9 Å². The molecule has 3 rings (SSSR count). The minimum Gasteiger partial charge on any atom is -0.497 e. The van der Waals surface area contributed by atoms with Crippen molar-refractivity contribution in [3.05, 3.63) is 51.6 Å². The lowest BCUT2D eigenvalue weighted by Gasteiger charge is -2.34. The molecule has 2 aromatic carbocycles. The van der Waals surface area contributed by atoms with Crippen LogP contribution in [0.5, 0.6) is 23.0 Å². The fourth-order valence-electron chi connectivity index (χ4n) is 3.91. The van der Waals surface area contributed by atoms with Gasteiger partial charge in [-0.15, -0.1) is 0 Å². The topological polar surface area (TPSA) is 104 Å². The number of nitrogens with zero attached hydrogens (tertiary/aromatic N) is 3. The van der Waals surface area contributed by atoms with E-state index in [1.165, 1.54) is 33.0 Å². The summed E-state index contributed by atoms with van der Waals surface area (Å²) in [6.07, 6.45) is 0.885. The van der Waals surface area contributed by atoms with Crippen molar-refractivity contribution in [1.29, 1.82) is 0 Å². The van der Waals surface area contributed by atoms with Crippen LogP contribution in [0.25, 0.3) is 0 Å². The van der Waals surface area contributed by atoms with Gasteiger partial charge < -0.3 is 23.8 Å². The number of benzene rings is 2. The Kier molecular flexibility index (Phi) is 7.94. The average molecular weight is 459 g/mol. The lowest BCUT2D eigenvalue weighted by atomic mass is 10.1. The second-order valence-electron chi connectivity index (χ2n) is 7.53. The molecule has 0 unspecified atom stereocenters. The van der Waals surface area contributed by atoms with Gasteiger partial charge in [0.15, 0.2) is 5.75 Å². The van der Waals surface area contributed by atoms with Crippen molar-refractivity contribution in [1.82, 2.24) is 9.80 Å². The van der Waals surface area contributed by atoms with Crippen molar-refractivity contribution in [2.75, 3.05) is 61.2 Å². The summed E-state index contributed by atoms with van der Waals surface area (Å²) < 4.78 is 20.9. The Morgan fingerprint density at radius 2 is 1.58 bits per heavy atom. The predicted molar refractivity (Wildman–Crippen MR) is 122 cm³/mol. The number of nitro groups is 1. The fourth-order valence-corrected chi connectivity index (χ4v) is 3.91. The zero-order chi connectivity index (χ0) is 24.0. The Morgan fingerprint density at radius 1 is 0.939 bits per heavy atom. The standard InChI is InChI=1S/C23H29N3O7/c1-30-17-7-5-16(6-8-17)9-10-24-11-13-25(14-12-24)23(27)18-15-19(31-2)21(32-3)22(33-4)20(18)26(28)29/h5-8,15H,9-14H2,1-4H3. The first kappa shape index (κ1) is 24.1. The minimum atomic E-state index is -0.626. The normalized spacial score (nSPS) is 14.0. The Balaban J connectivity index is 1.70. The van der Waals surface area contributed by atoms with Crippen molar-refractivity contribution in [2.45, 2.75) is 6.42 Å². The molecule has 1 amide bonds. The van der Waals surface area contributed by atoms with E-state index >= 15 is 0 Å². The van der Waals surface area contributed by atoms with Gasteiger partial charge in [-0.25, -0.2) is 0 Å². The van der Waals surface area contributed by atoms with Crippen molar-refractivity contribution in [3.63, 3.8) is 0 Å². The van der Waals surface area contributed by atoms with Crippen LogP contribution in [-0.2, 0) is 6.42 Å². The summed E-state index contributed by atoms with van der Waals surface area (Å²) in [6.45, 7) is 3.16. The van der Waals surface area contributed by atoms with Gasteiger partial charge in [0, 0.05) is 38.8 Å². The first-order valence-electron chi connectivity index (χ1n) is 10.5. The van der Waals surface area contributed by atoms with E-state index in [9.17, 15) is 14.9 Å². The van der Waals surface area contributed by atoms with Crippen molar-refractivity contribution >= 4 is 11.6 Å². The third kappa shape index (κ3) is 5.28. The quantitative estimate of drug-likeness (QED) is 0.416. The van der Waals surface area contributed by atoms with Crippen molar-refractivity contribution < 1.29 is 28.7 Å². The highest BCUT2D eigenvalue weighted by Gasteiger charge is 2.35. The molecular weight excluding hydrogens is 430 g/mol. The third-order valence-electron chi connectivity index (χ3n) is 5.75. The summed E-state index contributed by atoms with van der Waals surface area (Å²) in [7, 11) is 5.69. The van der Waals surface area contributed by atoms with E-state index in [4.69, 9.17) is 18.9 Å². The van der Waals surface area contributed by atoms with E-state index in [0.717, 1.165) is 18.7 Å². The van der Waals surface area contributed by atoms with Gasteiger partial charge in [0.25, 0.3) is 5.91 Å². The molecule has 0 aromatic heterocycles. The molecule has 1 aliphatic heterocycles. The molecule has 33 heavy (non-hydrogen) atoms. The van der Waals surface area contributed by atoms with E-state index in [-0.39, 0.29) is 22.8 Å². The molecule has 0 radical (unpaired) electrons. The molecule has 0 saturated carbocycles. The van der Waals surface area contributed by atoms with E-state index < -0.39 is 16.5 Å². The number of carbonyl (C=O) groups excluding carboxylic acids is 1. The number of hydrogen-bond donors (Lipinski definition) is 0. The molecule has 0 spiro atoms. The molecule has 1 heterocycles. The number of amides is 1. The highest BCUT2D eigenvalue weighted by Crippen LogP contribution is 2.46. The predicted octanol–water partition coefficient (Wildman–Crippen LogP) is 2.63. The van der Waals surface area contributed by atoms with E-state index in [1.54, 1.807) is 12.0 Å². The maximum absolute atomic E-state index is 13.2. The van der Waals surface area contributed by atoms with Crippen LogP contribution < -0.4 is 18.9 Å². The second-order valence-corrected chi connectivity index (χ2v) is 7.53. The SMILES string of the molecule is COc1ccc(CCN2CCN(C(=O)c3cc(OC)c(OC)c(OC)c3[N+](=O)[O-])CC2)cc1. The number of ether oxygens (including phenoxy) is 4. The van der Waals surface area contributed by atoms with Gasteiger partial charge in [0.1, 0.15) is 11.3 Å². The van der Waals surface area contributed by atoms with Gasteiger partial charge in [-0.2, -0.15) is 0 Å². The highest BCUT2D eigenvalue weighted by molar-refractivity contribution is 6.00. The van der Waals surface area contributed by atoms with Crippen LogP contribution in [-0.4, -0.2) is 81.8 Å².